The fraction of sp³-hybridized carbons (Fsp3) is 0.381. The molecule has 2 aromatic carbocycles. The maximum Gasteiger partial charge on any atom is 0.278 e. The molecule has 1 heterocycles. The number of hydrogen-bond donors (Lipinski definition) is 2. The van der Waals surface area contributed by atoms with E-state index in [4.69, 9.17) is 0 Å². The number of sulfonamides is 1. The summed E-state index contributed by atoms with van der Waals surface area (Å²) in [5, 5.41) is 2.99. The van der Waals surface area contributed by atoms with E-state index in [-0.39, 0.29) is 11.9 Å². The summed E-state index contributed by atoms with van der Waals surface area (Å²) in [5.41, 5.74) is 2.26. The fourth-order valence-electron chi connectivity index (χ4n) is 3.42. The summed E-state index contributed by atoms with van der Waals surface area (Å²) >= 11 is 0. The minimum absolute atomic E-state index is 0.00468. The number of aryl methyl sites for hydroxylation is 1. The SMILES string of the molecule is Cc1ccc(CNC(=O)[C@H](C)[NH+]2CCN(S(=O)(=O)c3ccccc3)CC2)cc1. The first kappa shape index (κ1) is 20.5. The van der Waals surface area contributed by atoms with Gasteiger partial charge in [0.15, 0.2) is 6.04 Å². The van der Waals surface area contributed by atoms with E-state index in [1.807, 2.05) is 38.1 Å². The molecular formula is C21H28N3O3S+. The van der Waals surface area contributed by atoms with Crippen molar-refractivity contribution in [2.45, 2.75) is 31.3 Å². The number of carbonyl (C=O) groups excluding carboxylic acids is 1. The summed E-state index contributed by atoms with van der Waals surface area (Å²) in [6, 6.07) is 16.4. The van der Waals surface area contributed by atoms with E-state index in [0.717, 1.165) is 10.5 Å². The normalized spacial score (nSPS) is 17.2. The first-order valence-corrected chi connectivity index (χ1v) is 11.0. The second-order valence-electron chi connectivity index (χ2n) is 7.30. The minimum Gasteiger partial charge on any atom is -0.347 e. The van der Waals surface area contributed by atoms with Crippen molar-refractivity contribution in [3.8, 4) is 0 Å². The molecule has 2 aromatic rings. The molecule has 1 saturated heterocycles. The van der Waals surface area contributed by atoms with Crippen molar-refractivity contribution in [3.63, 3.8) is 0 Å². The van der Waals surface area contributed by atoms with Gasteiger partial charge in [-0.1, -0.05) is 48.0 Å². The molecule has 0 aliphatic carbocycles. The molecule has 0 spiro atoms. The predicted molar refractivity (Wildman–Crippen MR) is 108 cm³/mol. The number of rotatable bonds is 6. The first-order valence-electron chi connectivity index (χ1n) is 9.61. The minimum atomic E-state index is -3.46. The molecule has 1 aliphatic heterocycles. The maximum atomic E-state index is 12.7. The molecule has 150 valence electrons. The van der Waals surface area contributed by atoms with Crippen LogP contribution in [0.4, 0.5) is 0 Å². The topological polar surface area (TPSA) is 70.9 Å². The molecule has 28 heavy (non-hydrogen) atoms. The molecule has 0 radical (unpaired) electrons. The number of benzene rings is 2. The molecule has 1 amide bonds. The molecule has 6 nitrogen and oxygen atoms in total. The summed E-state index contributed by atoms with van der Waals surface area (Å²) in [6.07, 6.45) is 0. The Bertz CT molecular complexity index is 890. The number of piperazine rings is 1. The van der Waals surface area contributed by atoms with Gasteiger partial charge >= 0.3 is 0 Å². The van der Waals surface area contributed by atoms with Crippen molar-refractivity contribution < 1.29 is 18.1 Å². The van der Waals surface area contributed by atoms with Crippen LogP contribution in [-0.2, 0) is 21.4 Å². The largest absolute Gasteiger partial charge is 0.347 e. The van der Waals surface area contributed by atoms with Gasteiger partial charge in [0.1, 0.15) is 0 Å². The van der Waals surface area contributed by atoms with Crippen molar-refractivity contribution >= 4 is 15.9 Å². The van der Waals surface area contributed by atoms with Crippen LogP contribution in [0, 0.1) is 6.92 Å². The lowest BCUT2D eigenvalue weighted by Gasteiger charge is -2.34. The highest BCUT2D eigenvalue weighted by Crippen LogP contribution is 2.14. The van der Waals surface area contributed by atoms with Crippen molar-refractivity contribution in [3.05, 3.63) is 65.7 Å². The lowest BCUT2D eigenvalue weighted by atomic mass is 10.1. The van der Waals surface area contributed by atoms with Gasteiger partial charge in [0.25, 0.3) is 5.91 Å². The molecule has 2 N–H and O–H groups in total. The standard InChI is InChI=1S/C21H27N3O3S/c1-17-8-10-19(11-9-17)16-22-21(25)18(2)23-12-14-24(15-13-23)28(26,27)20-6-4-3-5-7-20/h3-11,18H,12-16H2,1-2H3,(H,22,25)/p+1/t18-/m0/s1. The molecule has 3 rings (SSSR count). The van der Waals surface area contributed by atoms with Crippen LogP contribution in [0.3, 0.4) is 0 Å². The van der Waals surface area contributed by atoms with Gasteiger partial charge < -0.3 is 10.2 Å². The van der Waals surface area contributed by atoms with Crippen LogP contribution in [0.2, 0.25) is 0 Å². The molecule has 1 aliphatic rings. The van der Waals surface area contributed by atoms with Crippen LogP contribution in [0.25, 0.3) is 0 Å². The average Bonchev–Trinajstić information content (AvgIpc) is 2.73. The van der Waals surface area contributed by atoms with E-state index >= 15 is 0 Å². The molecule has 1 fully saturated rings. The third-order valence-corrected chi connectivity index (χ3v) is 7.25. The molecule has 0 aromatic heterocycles. The van der Waals surface area contributed by atoms with Gasteiger partial charge in [-0.25, -0.2) is 8.42 Å². The van der Waals surface area contributed by atoms with Crippen LogP contribution in [0.15, 0.2) is 59.5 Å². The number of quaternary nitrogens is 1. The van der Waals surface area contributed by atoms with E-state index in [1.54, 1.807) is 30.3 Å². The molecule has 0 unspecified atom stereocenters. The van der Waals surface area contributed by atoms with E-state index in [1.165, 1.54) is 9.87 Å². The van der Waals surface area contributed by atoms with E-state index in [0.29, 0.717) is 37.6 Å². The lowest BCUT2D eigenvalue weighted by Crippen LogP contribution is -3.19. The Morgan fingerprint density at radius 2 is 1.68 bits per heavy atom. The summed E-state index contributed by atoms with van der Waals surface area (Å²) in [6.45, 7) is 6.51. The molecule has 7 heteroatoms. The Morgan fingerprint density at radius 3 is 2.29 bits per heavy atom. The first-order chi connectivity index (χ1) is 13.4. The summed E-state index contributed by atoms with van der Waals surface area (Å²) in [7, 11) is -3.46. The third kappa shape index (κ3) is 4.79. The Hall–Kier alpha value is -2.22. The summed E-state index contributed by atoms with van der Waals surface area (Å²) in [5.74, 6) is -0.00468. The Kier molecular flexibility index (Phi) is 6.49. The van der Waals surface area contributed by atoms with Crippen LogP contribution < -0.4 is 10.2 Å². The number of nitrogens with one attached hydrogen (secondary N) is 2. The van der Waals surface area contributed by atoms with Crippen LogP contribution in [-0.4, -0.2) is 50.9 Å². The number of nitrogens with zero attached hydrogens (tertiary/aromatic N) is 1. The van der Waals surface area contributed by atoms with Crippen molar-refractivity contribution in [1.82, 2.24) is 9.62 Å². The highest BCUT2D eigenvalue weighted by Gasteiger charge is 2.34. The molecular weight excluding hydrogens is 374 g/mol. The highest BCUT2D eigenvalue weighted by atomic mass is 32.2. The van der Waals surface area contributed by atoms with E-state index < -0.39 is 10.0 Å². The smallest absolute Gasteiger partial charge is 0.278 e. The van der Waals surface area contributed by atoms with Gasteiger partial charge in [0.2, 0.25) is 10.0 Å². The van der Waals surface area contributed by atoms with Gasteiger partial charge in [0, 0.05) is 6.54 Å². The molecule has 1 atom stereocenters. The lowest BCUT2D eigenvalue weighted by molar-refractivity contribution is -0.917. The Labute approximate surface area is 167 Å². The van der Waals surface area contributed by atoms with E-state index in [9.17, 15) is 13.2 Å². The zero-order chi connectivity index (χ0) is 20.1. The van der Waals surface area contributed by atoms with E-state index in [2.05, 4.69) is 5.32 Å². The predicted octanol–water partition coefficient (Wildman–Crippen LogP) is 0.589. The number of carbonyl (C=O) groups is 1. The van der Waals surface area contributed by atoms with Gasteiger partial charge in [-0.2, -0.15) is 4.31 Å². The zero-order valence-electron chi connectivity index (χ0n) is 16.4. The number of hydrogen-bond acceptors (Lipinski definition) is 3. The van der Waals surface area contributed by atoms with Crippen LogP contribution in [0.5, 0.6) is 0 Å². The second-order valence-corrected chi connectivity index (χ2v) is 9.24. The van der Waals surface area contributed by atoms with Crippen molar-refractivity contribution in [2.24, 2.45) is 0 Å². The van der Waals surface area contributed by atoms with Gasteiger partial charge in [0.05, 0.1) is 31.1 Å². The summed E-state index contributed by atoms with van der Waals surface area (Å²) in [4.78, 5) is 14.0. The molecule has 0 saturated carbocycles. The Balaban J connectivity index is 1.52. The monoisotopic (exact) mass is 402 g/mol. The van der Waals surface area contributed by atoms with Gasteiger partial charge in [-0.05, 0) is 31.5 Å². The van der Waals surface area contributed by atoms with Gasteiger partial charge in [-0.3, -0.25) is 4.79 Å². The maximum absolute atomic E-state index is 12.7. The van der Waals surface area contributed by atoms with Crippen LogP contribution in [0.1, 0.15) is 18.1 Å². The average molecular weight is 403 g/mol. The van der Waals surface area contributed by atoms with Crippen molar-refractivity contribution in [2.75, 3.05) is 26.2 Å². The van der Waals surface area contributed by atoms with Crippen LogP contribution >= 0.6 is 0 Å². The number of amides is 1. The molecule has 0 bridgehead atoms. The third-order valence-electron chi connectivity index (χ3n) is 5.34. The highest BCUT2D eigenvalue weighted by molar-refractivity contribution is 7.89. The van der Waals surface area contributed by atoms with Crippen molar-refractivity contribution in [1.29, 1.82) is 0 Å². The zero-order valence-corrected chi connectivity index (χ0v) is 17.2. The quantitative estimate of drug-likeness (QED) is 0.743. The summed E-state index contributed by atoms with van der Waals surface area (Å²) < 4.78 is 27.0. The fourth-order valence-corrected chi connectivity index (χ4v) is 4.88. The Morgan fingerprint density at radius 1 is 1.07 bits per heavy atom. The van der Waals surface area contributed by atoms with Gasteiger partial charge in [-0.15, -0.1) is 0 Å². The second kappa shape index (κ2) is 8.86.